The Bertz CT molecular complexity index is 195. The Morgan fingerprint density at radius 2 is 1.47 bits per heavy atom. The van der Waals surface area contributed by atoms with E-state index in [-0.39, 0.29) is 12.4 Å². The summed E-state index contributed by atoms with van der Waals surface area (Å²) in [4.78, 5) is 11.2. The van der Waals surface area contributed by atoms with Crippen LogP contribution in [0, 0.1) is 0 Å². The van der Waals surface area contributed by atoms with E-state index in [4.69, 9.17) is 0 Å². The van der Waals surface area contributed by atoms with Crippen molar-refractivity contribution in [2.45, 2.75) is 26.2 Å². The largest absolute Gasteiger partial charge is 0.147 e. The Balaban J connectivity index is 0.00000256. The van der Waals surface area contributed by atoms with Gasteiger partial charge < -0.3 is 0 Å². The fourth-order valence-corrected chi connectivity index (χ4v) is 3.36. The number of carbonyl (C=O) groups is 1. The van der Waals surface area contributed by atoms with E-state index in [1.54, 1.807) is 6.92 Å². The Morgan fingerprint density at radius 3 is 1.94 bits per heavy atom. The van der Waals surface area contributed by atoms with Crippen molar-refractivity contribution >= 4 is 16.5 Å². The van der Waals surface area contributed by atoms with E-state index in [0.717, 1.165) is 39.3 Å². The molecule has 0 aromatic heterocycles. The minimum Gasteiger partial charge on any atom is -0.147 e. The average Bonchev–Trinajstić information content (AvgIpc) is 2.21. The summed E-state index contributed by atoms with van der Waals surface area (Å²) in [5, 5.41) is 6.88. The fraction of sp³-hybridized carbons (Fsp3) is 0.909. The molecule has 0 spiro atoms. The molecular weight excluding hydrogens is 273 g/mol. The summed E-state index contributed by atoms with van der Waals surface area (Å²) >= 11 is -0.520. The number of halogens is 1. The van der Waals surface area contributed by atoms with E-state index in [2.05, 4.69) is 14.0 Å². The summed E-state index contributed by atoms with van der Waals surface area (Å²) in [6.45, 7) is 8.29. The van der Waals surface area contributed by atoms with E-state index >= 15 is 0 Å². The molecule has 0 atom stereocenters. The smallest absolute Gasteiger partial charge is 0.147 e. The van der Waals surface area contributed by atoms with Crippen LogP contribution in [0.15, 0.2) is 0 Å². The molecular formula is C11H24ClN3OTi. The molecule has 2 N–H and O–H groups in total. The number of hydrogen-bond acceptors (Lipinski definition) is 4. The van der Waals surface area contributed by atoms with Gasteiger partial charge in [-0.05, 0) is 0 Å². The van der Waals surface area contributed by atoms with Gasteiger partial charge in [-0.15, -0.1) is 12.4 Å². The normalized spacial score (nSPS) is 20.5. The zero-order valence-electron chi connectivity index (χ0n) is 10.6. The van der Waals surface area contributed by atoms with Gasteiger partial charge in [-0.2, -0.15) is 0 Å². The minimum absolute atomic E-state index is 0. The summed E-state index contributed by atoms with van der Waals surface area (Å²) in [6, 6.07) is 0. The first-order chi connectivity index (χ1) is 7.79. The summed E-state index contributed by atoms with van der Waals surface area (Å²) in [6.07, 6.45) is 3.56. The molecule has 0 unspecified atom stereocenters. The quantitative estimate of drug-likeness (QED) is 0.734. The first kappa shape index (κ1) is 17.6. The van der Waals surface area contributed by atoms with Crippen molar-refractivity contribution in [1.82, 2.24) is 14.0 Å². The van der Waals surface area contributed by atoms with Crippen LogP contribution in [0.4, 0.5) is 0 Å². The second-order valence-electron chi connectivity index (χ2n) is 4.22. The van der Waals surface area contributed by atoms with Gasteiger partial charge in [-0.1, -0.05) is 0 Å². The van der Waals surface area contributed by atoms with Crippen LogP contribution in [0.2, 0.25) is 0 Å². The molecule has 0 aromatic carbocycles. The second kappa shape index (κ2) is 11.6. The van der Waals surface area contributed by atoms with E-state index < -0.39 is 19.4 Å². The summed E-state index contributed by atoms with van der Waals surface area (Å²) < 4.78 is 2.79. The molecule has 4 nitrogen and oxygen atoms in total. The summed E-state index contributed by atoms with van der Waals surface area (Å²) in [7, 11) is 0. The van der Waals surface area contributed by atoms with Crippen LogP contribution in [0.25, 0.3) is 0 Å². The molecule has 1 saturated heterocycles. The van der Waals surface area contributed by atoms with Gasteiger partial charge in [0, 0.05) is 0 Å². The average molecular weight is 298 g/mol. The number of carbonyl (C=O) groups excluding carboxylic acids is 1. The van der Waals surface area contributed by atoms with Gasteiger partial charge in [0.15, 0.2) is 0 Å². The predicted molar refractivity (Wildman–Crippen MR) is 69.1 cm³/mol. The van der Waals surface area contributed by atoms with Crippen LogP contribution in [-0.2, 0) is 24.2 Å². The fourth-order valence-electron chi connectivity index (χ4n) is 1.82. The Labute approximate surface area is 120 Å². The van der Waals surface area contributed by atoms with Crippen molar-refractivity contribution in [3.63, 3.8) is 0 Å². The van der Waals surface area contributed by atoms with Crippen molar-refractivity contribution in [2.24, 2.45) is 0 Å². The molecule has 0 amide bonds. The van der Waals surface area contributed by atoms with Gasteiger partial charge in [-0.3, -0.25) is 0 Å². The Morgan fingerprint density at radius 1 is 1.00 bits per heavy atom. The molecule has 6 heteroatoms. The van der Waals surface area contributed by atoms with Crippen LogP contribution in [0.5, 0.6) is 0 Å². The molecule has 0 aliphatic carbocycles. The van der Waals surface area contributed by atoms with Crippen molar-refractivity contribution in [2.75, 3.05) is 39.3 Å². The SMILES string of the molecule is C[C](=O)[Ti][N]1CCCNCCCNCCC1.Cl. The topological polar surface area (TPSA) is 44.4 Å². The molecule has 1 fully saturated rings. The van der Waals surface area contributed by atoms with Gasteiger partial charge in [0.2, 0.25) is 0 Å². The molecule has 0 saturated carbocycles. The van der Waals surface area contributed by atoms with Crippen molar-refractivity contribution in [1.29, 1.82) is 0 Å². The third-order valence-corrected chi connectivity index (χ3v) is 4.27. The standard InChI is InChI=1S/C9H20N3.C2H3O.ClH.Ti/c1-4-10-6-2-8-12-9-3-7-11-5-1;1-2-3;;/h10-11H,1-9H2;1H3;1H;/q-1;;;+1. The molecule has 0 aromatic rings. The van der Waals surface area contributed by atoms with E-state index in [9.17, 15) is 4.79 Å². The van der Waals surface area contributed by atoms with Gasteiger partial charge in [-0.25, -0.2) is 0 Å². The monoisotopic (exact) mass is 297 g/mol. The second-order valence-corrected chi connectivity index (χ2v) is 6.65. The number of rotatable bonds is 2. The van der Waals surface area contributed by atoms with Gasteiger partial charge in [0.25, 0.3) is 0 Å². The number of nitrogens with zero attached hydrogens (tertiary/aromatic N) is 1. The molecule has 0 bridgehead atoms. The van der Waals surface area contributed by atoms with Crippen LogP contribution in [0.3, 0.4) is 0 Å². The molecule has 100 valence electrons. The predicted octanol–water partition coefficient (Wildman–Crippen LogP) is 0.617. The van der Waals surface area contributed by atoms with Crippen LogP contribution in [-0.4, -0.2) is 46.7 Å². The van der Waals surface area contributed by atoms with Gasteiger partial charge >= 0.3 is 108 Å². The van der Waals surface area contributed by atoms with Gasteiger partial charge in [0.1, 0.15) is 0 Å². The van der Waals surface area contributed by atoms with Crippen LogP contribution >= 0.6 is 12.4 Å². The molecule has 1 aliphatic heterocycles. The first-order valence-electron chi connectivity index (χ1n) is 6.22. The summed E-state index contributed by atoms with van der Waals surface area (Å²) in [5.74, 6) is 0. The zero-order valence-corrected chi connectivity index (χ0v) is 13.0. The van der Waals surface area contributed by atoms with Crippen LogP contribution in [0.1, 0.15) is 26.2 Å². The maximum Gasteiger partial charge on any atom is -0.147 e. The van der Waals surface area contributed by atoms with Crippen molar-refractivity contribution in [3.05, 3.63) is 0 Å². The molecule has 1 rings (SSSR count). The van der Waals surface area contributed by atoms with Crippen molar-refractivity contribution in [3.8, 4) is 0 Å². The number of hydrogen-bond donors (Lipinski definition) is 2. The number of nitrogens with one attached hydrogen (secondary N) is 2. The van der Waals surface area contributed by atoms with E-state index in [1.807, 2.05) is 0 Å². The Kier molecular flexibility index (Phi) is 12.0. The summed E-state index contributed by atoms with van der Waals surface area (Å²) in [5.41, 5.74) is 0. The van der Waals surface area contributed by atoms with E-state index in [1.165, 1.54) is 19.3 Å². The zero-order chi connectivity index (χ0) is 11.6. The Hall–Kier alpha value is 0.554. The van der Waals surface area contributed by atoms with Gasteiger partial charge in [0.05, 0.1) is 0 Å². The van der Waals surface area contributed by atoms with Crippen LogP contribution < -0.4 is 10.6 Å². The third-order valence-electron chi connectivity index (χ3n) is 2.59. The maximum atomic E-state index is 11.2. The molecule has 1 aliphatic rings. The molecule has 0 radical (unpaired) electrons. The molecule has 1 heterocycles. The third kappa shape index (κ3) is 10.2. The van der Waals surface area contributed by atoms with E-state index in [0.29, 0.717) is 4.09 Å². The minimum atomic E-state index is -0.520. The first-order valence-corrected chi connectivity index (χ1v) is 7.70. The molecule has 17 heavy (non-hydrogen) atoms. The maximum absolute atomic E-state index is 11.2. The van der Waals surface area contributed by atoms with Crippen molar-refractivity contribution < 1.29 is 24.2 Å².